The van der Waals surface area contributed by atoms with Gasteiger partial charge in [0.25, 0.3) is 0 Å². The molecule has 4 nitrogen and oxygen atoms in total. The summed E-state index contributed by atoms with van der Waals surface area (Å²) in [7, 11) is 0. The number of aryl methyl sites for hydroxylation is 1. The quantitative estimate of drug-likeness (QED) is 0.851. The molecular formula is C16H23N3O. The standard InChI is InChI=1S/C16H23N3O/c1-12-3-4-14-11-15(5-6-16(14)17-12)19-9-7-18(8-10-19)13(2)20/h5-6,11-12,17H,3-4,7-10H2,1-2H3. The van der Waals surface area contributed by atoms with Gasteiger partial charge in [0.15, 0.2) is 0 Å². The van der Waals surface area contributed by atoms with Crippen LogP contribution in [-0.2, 0) is 11.2 Å². The highest BCUT2D eigenvalue weighted by Crippen LogP contribution is 2.29. The molecule has 0 aliphatic carbocycles. The molecule has 2 heterocycles. The molecule has 0 aromatic heterocycles. The predicted molar refractivity (Wildman–Crippen MR) is 82.3 cm³/mol. The van der Waals surface area contributed by atoms with Gasteiger partial charge in [-0.05, 0) is 43.5 Å². The lowest BCUT2D eigenvalue weighted by Crippen LogP contribution is -2.48. The van der Waals surface area contributed by atoms with Gasteiger partial charge in [-0.2, -0.15) is 0 Å². The molecule has 1 aromatic carbocycles. The van der Waals surface area contributed by atoms with Crippen LogP contribution in [0.3, 0.4) is 0 Å². The van der Waals surface area contributed by atoms with Crippen LogP contribution in [0.15, 0.2) is 18.2 Å². The minimum atomic E-state index is 0.188. The van der Waals surface area contributed by atoms with Gasteiger partial charge in [0, 0.05) is 50.5 Å². The van der Waals surface area contributed by atoms with E-state index in [4.69, 9.17) is 0 Å². The molecule has 1 N–H and O–H groups in total. The molecular weight excluding hydrogens is 250 g/mol. The first-order chi connectivity index (χ1) is 9.63. The fraction of sp³-hybridized carbons (Fsp3) is 0.562. The third kappa shape index (κ3) is 2.60. The molecule has 108 valence electrons. The maximum atomic E-state index is 11.4. The Bertz CT molecular complexity index is 506. The molecule has 2 aliphatic heterocycles. The van der Waals surface area contributed by atoms with Crippen molar-refractivity contribution in [2.24, 2.45) is 0 Å². The Kier molecular flexibility index (Phi) is 3.55. The van der Waals surface area contributed by atoms with Crippen LogP contribution in [-0.4, -0.2) is 43.0 Å². The van der Waals surface area contributed by atoms with Crippen molar-refractivity contribution in [1.29, 1.82) is 0 Å². The monoisotopic (exact) mass is 273 g/mol. The van der Waals surface area contributed by atoms with Crippen molar-refractivity contribution in [3.05, 3.63) is 23.8 Å². The number of benzene rings is 1. The zero-order chi connectivity index (χ0) is 14.1. The van der Waals surface area contributed by atoms with E-state index < -0.39 is 0 Å². The summed E-state index contributed by atoms with van der Waals surface area (Å²) in [5, 5.41) is 3.54. The van der Waals surface area contributed by atoms with Gasteiger partial charge < -0.3 is 15.1 Å². The van der Waals surface area contributed by atoms with Gasteiger partial charge in [-0.15, -0.1) is 0 Å². The summed E-state index contributed by atoms with van der Waals surface area (Å²) >= 11 is 0. The molecule has 4 heteroatoms. The first-order valence-electron chi connectivity index (χ1n) is 7.53. The van der Waals surface area contributed by atoms with Crippen LogP contribution >= 0.6 is 0 Å². The third-order valence-corrected chi connectivity index (χ3v) is 4.43. The second-order valence-corrected chi connectivity index (χ2v) is 5.92. The summed E-state index contributed by atoms with van der Waals surface area (Å²) < 4.78 is 0. The fourth-order valence-corrected chi connectivity index (χ4v) is 3.11. The SMILES string of the molecule is CC(=O)N1CCN(c2ccc3c(c2)CCC(C)N3)CC1. The van der Waals surface area contributed by atoms with Crippen LogP contribution in [0.5, 0.6) is 0 Å². The molecule has 0 radical (unpaired) electrons. The smallest absolute Gasteiger partial charge is 0.219 e. The van der Waals surface area contributed by atoms with E-state index in [1.165, 1.54) is 23.4 Å². The normalized spacial score (nSPS) is 22.2. The van der Waals surface area contributed by atoms with Crippen molar-refractivity contribution < 1.29 is 4.79 Å². The summed E-state index contributed by atoms with van der Waals surface area (Å²) in [6.07, 6.45) is 2.36. The van der Waals surface area contributed by atoms with E-state index in [1.807, 2.05) is 4.90 Å². The molecule has 1 saturated heterocycles. The Labute approximate surface area is 120 Å². The van der Waals surface area contributed by atoms with Crippen LogP contribution in [0.2, 0.25) is 0 Å². The minimum absolute atomic E-state index is 0.188. The second kappa shape index (κ2) is 5.35. The molecule has 2 aliphatic rings. The van der Waals surface area contributed by atoms with Gasteiger partial charge in [-0.3, -0.25) is 4.79 Å². The topological polar surface area (TPSA) is 35.6 Å². The molecule has 0 saturated carbocycles. The van der Waals surface area contributed by atoms with Crippen LogP contribution in [0.4, 0.5) is 11.4 Å². The Hall–Kier alpha value is -1.71. The first kappa shape index (κ1) is 13.3. The Morgan fingerprint density at radius 2 is 2.00 bits per heavy atom. The predicted octanol–water partition coefficient (Wildman–Crippen LogP) is 2.10. The molecule has 1 unspecified atom stereocenters. The van der Waals surface area contributed by atoms with Crippen molar-refractivity contribution in [3.63, 3.8) is 0 Å². The Morgan fingerprint density at radius 3 is 2.70 bits per heavy atom. The highest BCUT2D eigenvalue weighted by atomic mass is 16.2. The number of piperazine rings is 1. The second-order valence-electron chi connectivity index (χ2n) is 5.92. The molecule has 1 fully saturated rings. The number of rotatable bonds is 1. The number of carbonyl (C=O) groups excluding carboxylic acids is 1. The lowest BCUT2D eigenvalue weighted by atomic mass is 9.98. The van der Waals surface area contributed by atoms with E-state index in [0.29, 0.717) is 6.04 Å². The number of hydrogen-bond acceptors (Lipinski definition) is 3. The maximum absolute atomic E-state index is 11.4. The molecule has 20 heavy (non-hydrogen) atoms. The molecule has 0 spiro atoms. The van der Waals surface area contributed by atoms with E-state index in [2.05, 4.69) is 35.3 Å². The number of nitrogens with zero attached hydrogens (tertiary/aromatic N) is 2. The van der Waals surface area contributed by atoms with Crippen LogP contribution < -0.4 is 10.2 Å². The zero-order valence-electron chi connectivity index (χ0n) is 12.4. The van der Waals surface area contributed by atoms with Gasteiger partial charge in [-0.25, -0.2) is 0 Å². The van der Waals surface area contributed by atoms with E-state index in [0.717, 1.165) is 32.6 Å². The highest BCUT2D eigenvalue weighted by Gasteiger charge is 2.20. The average Bonchev–Trinajstić information content (AvgIpc) is 2.47. The van der Waals surface area contributed by atoms with Crippen LogP contribution in [0, 0.1) is 0 Å². The minimum Gasteiger partial charge on any atom is -0.382 e. The van der Waals surface area contributed by atoms with E-state index in [-0.39, 0.29) is 5.91 Å². The Balaban J connectivity index is 1.71. The lowest BCUT2D eigenvalue weighted by molar-refractivity contribution is -0.129. The summed E-state index contributed by atoms with van der Waals surface area (Å²) in [5.74, 6) is 0.188. The van der Waals surface area contributed by atoms with Crippen molar-refractivity contribution in [1.82, 2.24) is 4.90 Å². The van der Waals surface area contributed by atoms with E-state index >= 15 is 0 Å². The number of hydrogen-bond donors (Lipinski definition) is 1. The molecule has 1 amide bonds. The van der Waals surface area contributed by atoms with Crippen molar-refractivity contribution in [2.45, 2.75) is 32.7 Å². The van der Waals surface area contributed by atoms with Gasteiger partial charge >= 0.3 is 0 Å². The van der Waals surface area contributed by atoms with Gasteiger partial charge in [0.05, 0.1) is 0 Å². The van der Waals surface area contributed by atoms with Crippen LogP contribution in [0.25, 0.3) is 0 Å². The molecule has 1 aromatic rings. The average molecular weight is 273 g/mol. The van der Waals surface area contributed by atoms with E-state index in [9.17, 15) is 4.79 Å². The van der Waals surface area contributed by atoms with Crippen molar-refractivity contribution >= 4 is 17.3 Å². The summed E-state index contributed by atoms with van der Waals surface area (Å²) in [6.45, 7) is 7.42. The third-order valence-electron chi connectivity index (χ3n) is 4.43. The number of amides is 1. The molecule has 0 bridgehead atoms. The lowest BCUT2D eigenvalue weighted by Gasteiger charge is -2.36. The maximum Gasteiger partial charge on any atom is 0.219 e. The van der Waals surface area contributed by atoms with Gasteiger partial charge in [0.1, 0.15) is 0 Å². The number of nitrogens with one attached hydrogen (secondary N) is 1. The Morgan fingerprint density at radius 1 is 1.25 bits per heavy atom. The van der Waals surface area contributed by atoms with Crippen LogP contribution in [0.1, 0.15) is 25.8 Å². The van der Waals surface area contributed by atoms with Crippen molar-refractivity contribution in [3.8, 4) is 0 Å². The molecule has 3 rings (SSSR count). The number of carbonyl (C=O) groups is 1. The zero-order valence-corrected chi connectivity index (χ0v) is 12.4. The molecule has 1 atom stereocenters. The number of fused-ring (bicyclic) bond motifs is 1. The fourth-order valence-electron chi connectivity index (χ4n) is 3.11. The first-order valence-corrected chi connectivity index (χ1v) is 7.53. The van der Waals surface area contributed by atoms with Gasteiger partial charge in [0.2, 0.25) is 5.91 Å². The highest BCUT2D eigenvalue weighted by molar-refractivity contribution is 5.73. The summed E-state index contributed by atoms with van der Waals surface area (Å²) in [4.78, 5) is 15.7. The summed E-state index contributed by atoms with van der Waals surface area (Å²) in [5.41, 5.74) is 4.01. The largest absolute Gasteiger partial charge is 0.382 e. The number of anilines is 2. The van der Waals surface area contributed by atoms with E-state index in [1.54, 1.807) is 6.92 Å². The summed E-state index contributed by atoms with van der Waals surface area (Å²) in [6, 6.07) is 7.30. The van der Waals surface area contributed by atoms with Crippen molar-refractivity contribution in [2.75, 3.05) is 36.4 Å². The van der Waals surface area contributed by atoms with Gasteiger partial charge in [-0.1, -0.05) is 0 Å².